The lowest BCUT2D eigenvalue weighted by Gasteiger charge is -2.35. The number of aryl methyl sites for hydroxylation is 1. The van der Waals surface area contributed by atoms with Gasteiger partial charge >= 0.3 is 0 Å². The summed E-state index contributed by atoms with van der Waals surface area (Å²) in [5, 5.41) is 3.01. The molecule has 1 saturated heterocycles. The van der Waals surface area contributed by atoms with Crippen LogP contribution < -0.4 is 14.8 Å². The lowest BCUT2D eigenvalue weighted by Crippen LogP contribution is -2.43. The second kappa shape index (κ2) is 10.8. The quantitative estimate of drug-likeness (QED) is 0.636. The van der Waals surface area contributed by atoms with E-state index in [1.807, 2.05) is 44.2 Å². The number of carbonyl (C=O) groups is 1. The molecule has 162 valence electrons. The molecule has 1 aliphatic rings. The zero-order chi connectivity index (χ0) is 21.3. The van der Waals surface area contributed by atoms with Crippen molar-refractivity contribution in [2.75, 3.05) is 46.6 Å². The molecule has 1 N–H and O–H groups in total. The maximum Gasteiger partial charge on any atom is 0.244 e. The van der Waals surface area contributed by atoms with Crippen molar-refractivity contribution in [2.45, 2.75) is 19.9 Å². The molecule has 2 heterocycles. The Morgan fingerprint density at radius 3 is 2.70 bits per heavy atom. The number of benzene rings is 1. The summed E-state index contributed by atoms with van der Waals surface area (Å²) in [6, 6.07) is 9.64. The molecule has 1 unspecified atom stereocenters. The van der Waals surface area contributed by atoms with Crippen LogP contribution >= 0.6 is 0 Å². The minimum atomic E-state index is -0.166. The van der Waals surface area contributed by atoms with Crippen molar-refractivity contribution in [3.8, 4) is 11.5 Å². The van der Waals surface area contributed by atoms with Gasteiger partial charge < -0.3 is 23.9 Å². The number of rotatable bonds is 9. The van der Waals surface area contributed by atoms with Gasteiger partial charge in [0.1, 0.15) is 11.5 Å². The third-order valence-corrected chi connectivity index (χ3v) is 4.99. The Morgan fingerprint density at radius 2 is 2.03 bits per heavy atom. The van der Waals surface area contributed by atoms with E-state index in [9.17, 15) is 4.79 Å². The molecule has 0 saturated carbocycles. The minimum absolute atomic E-state index is 0.00156. The van der Waals surface area contributed by atoms with Crippen molar-refractivity contribution in [2.24, 2.45) is 0 Å². The second-order valence-corrected chi connectivity index (χ2v) is 7.03. The minimum Gasteiger partial charge on any atom is -0.493 e. The summed E-state index contributed by atoms with van der Waals surface area (Å²) < 4.78 is 22.1. The summed E-state index contributed by atoms with van der Waals surface area (Å²) in [4.78, 5) is 14.7. The predicted octanol–water partition coefficient (Wildman–Crippen LogP) is 3.20. The maximum absolute atomic E-state index is 12.4. The van der Waals surface area contributed by atoms with Crippen molar-refractivity contribution in [3.05, 3.63) is 53.5 Å². The van der Waals surface area contributed by atoms with Gasteiger partial charge in [0.15, 0.2) is 11.5 Å². The number of nitrogens with one attached hydrogen (secondary N) is 1. The number of hydrogen-bond acceptors (Lipinski definition) is 6. The molecular formula is C23H30N2O5. The molecule has 1 fully saturated rings. The fourth-order valence-electron chi connectivity index (χ4n) is 3.47. The van der Waals surface area contributed by atoms with Gasteiger partial charge in [0.05, 0.1) is 33.0 Å². The Kier molecular flexibility index (Phi) is 7.93. The number of carbonyl (C=O) groups excluding carboxylic acids is 1. The van der Waals surface area contributed by atoms with Gasteiger partial charge in [-0.25, -0.2) is 0 Å². The molecule has 1 atom stereocenters. The van der Waals surface area contributed by atoms with Crippen LogP contribution in [0.3, 0.4) is 0 Å². The summed E-state index contributed by atoms with van der Waals surface area (Å²) in [5.74, 6) is 2.70. The van der Waals surface area contributed by atoms with Gasteiger partial charge in [-0.05, 0) is 49.8 Å². The van der Waals surface area contributed by atoms with E-state index in [1.54, 1.807) is 13.2 Å². The Morgan fingerprint density at radius 1 is 1.23 bits per heavy atom. The van der Waals surface area contributed by atoms with E-state index in [0.717, 1.165) is 24.4 Å². The van der Waals surface area contributed by atoms with Crippen molar-refractivity contribution >= 4 is 12.0 Å². The Bertz CT molecular complexity index is 855. The van der Waals surface area contributed by atoms with Crippen LogP contribution in [0, 0.1) is 6.92 Å². The molecule has 0 aliphatic carbocycles. The van der Waals surface area contributed by atoms with E-state index in [2.05, 4.69) is 10.2 Å². The molecule has 1 amide bonds. The van der Waals surface area contributed by atoms with E-state index >= 15 is 0 Å². The van der Waals surface area contributed by atoms with Gasteiger partial charge in [0, 0.05) is 25.7 Å². The van der Waals surface area contributed by atoms with Crippen LogP contribution in [0.2, 0.25) is 0 Å². The summed E-state index contributed by atoms with van der Waals surface area (Å²) >= 11 is 0. The van der Waals surface area contributed by atoms with Crippen molar-refractivity contribution in [3.63, 3.8) is 0 Å². The molecule has 3 rings (SSSR count). The Labute approximate surface area is 177 Å². The van der Waals surface area contributed by atoms with Crippen LogP contribution in [-0.2, 0) is 9.53 Å². The molecule has 0 spiro atoms. The highest BCUT2D eigenvalue weighted by atomic mass is 16.5. The fraction of sp³-hybridized carbons (Fsp3) is 0.435. The highest BCUT2D eigenvalue weighted by Crippen LogP contribution is 2.32. The van der Waals surface area contributed by atoms with Gasteiger partial charge in [-0.3, -0.25) is 9.69 Å². The average molecular weight is 415 g/mol. The van der Waals surface area contributed by atoms with Crippen LogP contribution in [0.5, 0.6) is 11.5 Å². The number of nitrogens with zero attached hydrogens (tertiary/aromatic N) is 1. The van der Waals surface area contributed by atoms with Crippen molar-refractivity contribution in [1.82, 2.24) is 10.2 Å². The molecule has 1 aromatic heterocycles. The normalized spacial score (nSPS) is 15.8. The number of ether oxygens (including phenoxy) is 3. The van der Waals surface area contributed by atoms with E-state index in [-0.39, 0.29) is 11.9 Å². The topological polar surface area (TPSA) is 73.2 Å². The van der Waals surface area contributed by atoms with Crippen LogP contribution in [0.1, 0.15) is 30.0 Å². The largest absolute Gasteiger partial charge is 0.493 e. The van der Waals surface area contributed by atoms with Gasteiger partial charge in [-0.1, -0.05) is 6.07 Å². The molecule has 7 heteroatoms. The molecule has 1 aliphatic heterocycles. The third kappa shape index (κ3) is 5.87. The SMILES string of the molecule is CCOc1ccc(C(CNC(=O)/C=C/c2ccc(C)o2)N2CCOCC2)cc1OC. The Hall–Kier alpha value is -2.77. The van der Waals surface area contributed by atoms with Gasteiger partial charge in [-0.2, -0.15) is 0 Å². The van der Waals surface area contributed by atoms with Crippen LogP contribution in [-0.4, -0.2) is 57.4 Å². The molecule has 2 aromatic rings. The van der Waals surface area contributed by atoms with Crippen molar-refractivity contribution in [1.29, 1.82) is 0 Å². The molecule has 0 bridgehead atoms. The first-order valence-electron chi connectivity index (χ1n) is 10.3. The average Bonchev–Trinajstić information content (AvgIpc) is 3.19. The molecule has 1 aromatic carbocycles. The molecule has 30 heavy (non-hydrogen) atoms. The first kappa shape index (κ1) is 21.9. The summed E-state index contributed by atoms with van der Waals surface area (Å²) in [5.41, 5.74) is 1.06. The monoisotopic (exact) mass is 414 g/mol. The second-order valence-electron chi connectivity index (χ2n) is 7.03. The smallest absolute Gasteiger partial charge is 0.244 e. The van der Waals surface area contributed by atoms with E-state index in [4.69, 9.17) is 18.6 Å². The maximum atomic E-state index is 12.4. The predicted molar refractivity (Wildman–Crippen MR) is 115 cm³/mol. The zero-order valence-corrected chi connectivity index (χ0v) is 17.8. The summed E-state index contributed by atoms with van der Waals surface area (Å²) in [6.07, 6.45) is 3.17. The molecule has 7 nitrogen and oxygen atoms in total. The number of furan rings is 1. The fourth-order valence-corrected chi connectivity index (χ4v) is 3.47. The van der Waals surface area contributed by atoms with Crippen molar-refractivity contribution < 1.29 is 23.4 Å². The van der Waals surface area contributed by atoms with E-state index < -0.39 is 0 Å². The van der Waals surface area contributed by atoms with E-state index in [0.29, 0.717) is 43.6 Å². The van der Waals surface area contributed by atoms with Gasteiger partial charge in [-0.15, -0.1) is 0 Å². The van der Waals surface area contributed by atoms with Gasteiger partial charge in [0.25, 0.3) is 0 Å². The van der Waals surface area contributed by atoms with E-state index in [1.165, 1.54) is 6.08 Å². The van der Waals surface area contributed by atoms with Crippen LogP contribution in [0.4, 0.5) is 0 Å². The molecule has 0 radical (unpaired) electrons. The molecular weight excluding hydrogens is 384 g/mol. The standard InChI is InChI=1S/C23H30N2O5/c1-4-29-21-9-6-18(15-22(21)27-3)20(25-11-13-28-14-12-25)16-24-23(26)10-8-19-7-5-17(2)30-19/h5-10,15,20H,4,11-14,16H2,1-3H3,(H,24,26)/b10-8+. The summed E-state index contributed by atoms with van der Waals surface area (Å²) in [6.45, 7) is 7.81. The number of hydrogen-bond donors (Lipinski definition) is 1. The first-order valence-corrected chi connectivity index (χ1v) is 10.3. The lowest BCUT2D eigenvalue weighted by molar-refractivity contribution is -0.116. The highest BCUT2D eigenvalue weighted by Gasteiger charge is 2.24. The Balaban J connectivity index is 1.72. The lowest BCUT2D eigenvalue weighted by atomic mass is 10.0. The first-order chi connectivity index (χ1) is 14.6. The van der Waals surface area contributed by atoms with Crippen LogP contribution in [0.25, 0.3) is 6.08 Å². The number of morpholine rings is 1. The van der Waals surface area contributed by atoms with Gasteiger partial charge in [0.2, 0.25) is 5.91 Å². The van der Waals surface area contributed by atoms with Crippen LogP contribution in [0.15, 0.2) is 40.8 Å². The summed E-state index contributed by atoms with van der Waals surface area (Å²) in [7, 11) is 1.63. The highest BCUT2D eigenvalue weighted by molar-refractivity contribution is 5.91. The zero-order valence-electron chi connectivity index (χ0n) is 17.8. The number of methoxy groups -OCH3 is 1. The third-order valence-electron chi connectivity index (χ3n) is 4.99. The number of amides is 1.